The number of halogens is 2. The number of carboxylic acid groups (broad SMARTS) is 1. The molecule has 5 nitrogen and oxygen atoms in total. The van der Waals surface area contributed by atoms with Crippen molar-refractivity contribution in [2.24, 2.45) is 0 Å². The molecule has 4 aromatic rings. The van der Waals surface area contributed by atoms with Gasteiger partial charge in [-0.05, 0) is 60.2 Å². The maximum Gasteiger partial charge on any atom is 0.409 e. The van der Waals surface area contributed by atoms with Crippen LogP contribution in [-0.4, -0.2) is 20.8 Å². The van der Waals surface area contributed by atoms with Crippen LogP contribution in [0.25, 0.3) is 16.7 Å². The van der Waals surface area contributed by atoms with Crippen LogP contribution in [0.1, 0.15) is 5.56 Å². The van der Waals surface area contributed by atoms with Crippen LogP contribution in [0.2, 0.25) is 10.0 Å². The molecule has 0 spiro atoms. The lowest BCUT2D eigenvalue weighted by molar-refractivity contribution is 0.210. The molecule has 0 aliphatic carbocycles. The van der Waals surface area contributed by atoms with Crippen molar-refractivity contribution < 1.29 is 9.90 Å². The molecule has 1 aromatic heterocycles. The molecular formula is C21H15Cl2N3O2S. The number of rotatable bonds is 5. The molecule has 0 atom stereocenters. The van der Waals surface area contributed by atoms with Gasteiger partial charge >= 0.3 is 6.09 Å². The van der Waals surface area contributed by atoms with Gasteiger partial charge in [-0.15, -0.1) is 0 Å². The monoisotopic (exact) mass is 443 g/mol. The predicted octanol–water partition coefficient (Wildman–Crippen LogP) is 6.71. The van der Waals surface area contributed by atoms with Crippen LogP contribution in [0.3, 0.4) is 0 Å². The lowest BCUT2D eigenvalue weighted by Gasteiger charge is -2.10. The number of imidazole rings is 1. The minimum atomic E-state index is -1.10. The summed E-state index contributed by atoms with van der Waals surface area (Å²) in [5, 5.41) is 13.4. The van der Waals surface area contributed by atoms with E-state index in [0.717, 1.165) is 33.2 Å². The fourth-order valence-corrected chi connectivity index (χ4v) is 4.19. The number of hydrogen-bond donors (Lipinski definition) is 2. The van der Waals surface area contributed by atoms with E-state index in [0.29, 0.717) is 15.7 Å². The summed E-state index contributed by atoms with van der Waals surface area (Å²) >= 11 is 13.8. The summed E-state index contributed by atoms with van der Waals surface area (Å²) in [4.78, 5) is 15.6. The van der Waals surface area contributed by atoms with E-state index in [-0.39, 0.29) is 0 Å². The van der Waals surface area contributed by atoms with Gasteiger partial charge in [-0.3, -0.25) is 9.88 Å². The molecule has 0 saturated heterocycles. The highest BCUT2D eigenvalue weighted by atomic mass is 35.5. The smallest absolute Gasteiger partial charge is 0.409 e. The summed E-state index contributed by atoms with van der Waals surface area (Å²) in [6.07, 6.45) is -1.10. The number of benzene rings is 3. The van der Waals surface area contributed by atoms with E-state index >= 15 is 0 Å². The quantitative estimate of drug-likeness (QED) is 0.336. The van der Waals surface area contributed by atoms with Crippen LogP contribution >= 0.6 is 35.0 Å². The van der Waals surface area contributed by atoms with Gasteiger partial charge in [0.15, 0.2) is 5.16 Å². The van der Waals surface area contributed by atoms with Crippen LogP contribution in [0.5, 0.6) is 0 Å². The third-order valence-electron chi connectivity index (χ3n) is 4.24. The van der Waals surface area contributed by atoms with Crippen LogP contribution in [0.15, 0.2) is 71.9 Å². The zero-order chi connectivity index (χ0) is 20.4. The number of nitrogens with one attached hydrogen (secondary N) is 1. The first kappa shape index (κ1) is 19.6. The fourth-order valence-electron chi connectivity index (χ4n) is 2.92. The number of nitrogens with zero attached hydrogens (tertiary/aromatic N) is 2. The second kappa shape index (κ2) is 8.37. The normalized spacial score (nSPS) is 11.0. The first-order valence-electron chi connectivity index (χ1n) is 8.65. The van der Waals surface area contributed by atoms with E-state index in [2.05, 4.69) is 5.32 Å². The van der Waals surface area contributed by atoms with Crippen molar-refractivity contribution in [3.63, 3.8) is 0 Å². The summed E-state index contributed by atoms with van der Waals surface area (Å²) in [6, 6.07) is 20.4. The zero-order valence-electron chi connectivity index (χ0n) is 15.0. The first-order valence-corrected chi connectivity index (χ1v) is 10.4. The zero-order valence-corrected chi connectivity index (χ0v) is 17.3. The summed E-state index contributed by atoms with van der Waals surface area (Å²) in [6.45, 7) is 0. The Labute approximate surface area is 181 Å². The third-order valence-corrected chi connectivity index (χ3v) is 5.74. The van der Waals surface area contributed by atoms with E-state index in [9.17, 15) is 4.79 Å². The van der Waals surface area contributed by atoms with Gasteiger partial charge in [-0.2, -0.15) is 0 Å². The number of amides is 1. The Hall–Kier alpha value is -2.67. The molecule has 0 aliphatic rings. The molecule has 146 valence electrons. The van der Waals surface area contributed by atoms with Crippen molar-refractivity contribution in [3.05, 3.63) is 82.3 Å². The van der Waals surface area contributed by atoms with Crippen LogP contribution in [0.4, 0.5) is 10.5 Å². The van der Waals surface area contributed by atoms with E-state index in [1.165, 1.54) is 0 Å². The highest BCUT2D eigenvalue weighted by Crippen LogP contribution is 2.32. The van der Waals surface area contributed by atoms with Gasteiger partial charge in [0.25, 0.3) is 0 Å². The molecule has 0 fully saturated rings. The molecule has 3 aromatic carbocycles. The molecule has 1 amide bonds. The standard InChI is InChI=1S/C21H15Cl2N3O2S/c22-14-3-1-13(2-4-14)12-29-20-25-18-10-5-15(23)11-19(18)26(20)17-8-6-16(7-9-17)24-21(27)28/h1-11,24H,12H2,(H,27,28). The SMILES string of the molecule is O=C(O)Nc1ccc(-n2c(SCc3ccc(Cl)cc3)nc3ccc(Cl)cc32)cc1. The largest absolute Gasteiger partial charge is 0.465 e. The Balaban J connectivity index is 1.72. The van der Waals surface area contributed by atoms with E-state index < -0.39 is 6.09 Å². The molecule has 29 heavy (non-hydrogen) atoms. The molecule has 0 unspecified atom stereocenters. The number of aromatic nitrogens is 2. The number of fused-ring (bicyclic) bond motifs is 1. The maximum atomic E-state index is 10.8. The van der Waals surface area contributed by atoms with E-state index in [1.54, 1.807) is 23.9 Å². The van der Waals surface area contributed by atoms with Gasteiger partial charge < -0.3 is 5.11 Å². The number of carbonyl (C=O) groups is 1. The molecule has 0 aliphatic heterocycles. The predicted molar refractivity (Wildman–Crippen MR) is 119 cm³/mol. The summed E-state index contributed by atoms with van der Waals surface area (Å²) in [5.74, 6) is 0.729. The molecule has 0 saturated carbocycles. The van der Waals surface area contributed by atoms with Crippen LogP contribution in [0, 0.1) is 0 Å². The van der Waals surface area contributed by atoms with Crippen molar-refractivity contribution >= 4 is 57.8 Å². The Morgan fingerprint density at radius 3 is 2.38 bits per heavy atom. The van der Waals surface area contributed by atoms with Gasteiger partial charge in [0.2, 0.25) is 0 Å². The van der Waals surface area contributed by atoms with Crippen LogP contribution < -0.4 is 5.32 Å². The molecule has 0 radical (unpaired) electrons. The van der Waals surface area contributed by atoms with Crippen molar-refractivity contribution in [1.82, 2.24) is 9.55 Å². The molecule has 4 rings (SSSR count). The van der Waals surface area contributed by atoms with Gasteiger partial charge in [0.05, 0.1) is 11.0 Å². The molecular weight excluding hydrogens is 429 g/mol. The second-order valence-electron chi connectivity index (χ2n) is 6.25. The summed E-state index contributed by atoms with van der Waals surface area (Å²) < 4.78 is 2.02. The maximum absolute atomic E-state index is 10.8. The topological polar surface area (TPSA) is 67.2 Å². The summed E-state index contributed by atoms with van der Waals surface area (Å²) in [5.41, 5.74) is 4.22. The number of hydrogen-bond acceptors (Lipinski definition) is 3. The van der Waals surface area contributed by atoms with Crippen molar-refractivity contribution in [2.45, 2.75) is 10.9 Å². The summed E-state index contributed by atoms with van der Waals surface area (Å²) in [7, 11) is 0. The van der Waals surface area contributed by atoms with E-state index in [1.807, 2.05) is 59.2 Å². The first-order chi connectivity index (χ1) is 14.0. The third kappa shape index (κ3) is 4.50. The van der Waals surface area contributed by atoms with Crippen LogP contribution in [-0.2, 0) is 5.75 Å². The minimum Gasteiger partial charge on any atom is -0.465 e. The highest BCUT2D eigenvalue weighted by Gasteiger charge is 2.14. The Bertz CT molecular complexity index is 1180. The number of anilines is 1. The fraction of sp³-hybridized carbons (Fsp3) is 0.0476. The molecule has 1 heterocycles. The second-order valence-corrected chi connectivity index (χ2v) is 8.07. The van der Waals surface area contributed by atoms with Crippen molar-refractivity contribution in [2.75, 3.05) is 5.32 Å². The van der Waals surface area contributed by atoms with Gasteiger partial charge in [-0.1, -0.05) is 47.1 Å². The lowest BCUT2D eigenvalue weighted by Crippen LogP contribution is -2.07. The van der Waals surface area contributed by atoms with Gasteiger partial charge in [0, 0.05) is 27.2 Å². The molecule has 0 bridgehead atoms. The highest BCUT2D eigenvalue weighted by molar-refractivity contribution is 7.98. The average molecular weight is 444 g/mol. The Morgan fingerprint density at radius 1 is 1.00 bits per heavy atom. The average Bonchev–Trinajstić information content (AvgIpc) is 3.05. The van der Waals surface area contributed by atoms with Crippen molar-refractivity contribution in [1.29, 1.82) is 0 Å². The van der Waals surface area contributed by atoms with Crippen molar-refractivity contribution in [3.8, 4) is 5.69 Å². The lowest BCUT2D eigenvalue weighted by atomic mass is 10.2. The van der Waals surface area contributed by atoms with Gasteiger partial charge in [-0.25, -0.2) is 9.78 Å². The Kier molecular flexibility index (Phi) is 5.67. The van der Waals surface area contributed by atoms with Gasteiger partial charge in [0.1, 0.15) is 0 Å². The van der Waals surface area contributed by atoms with E-state index in [4.69, 9.17) is 33.3 Å². The number of thioether (sulfide) groups is 1. The molecule has 8 heteroatoms. The minimum absolute atomic E-state index is 0.499. The molecule has 2 N–H and O–H groups in total. The Morgan fingerprint density at radius 2 is 1.69 bits per heavy atom.